The Hall–Kier alpha value is -3.63. The number of carbonyl (C=O) groups excluding carboxylic acids is 2. The normalized spacial score (nSPS) is 15.0. The second kappa shape index (κ2) is 8.86. The highest BCUT2D eigenvalue weighted by molar-refractivity contribution is 5.89. The number of halogens is 1. The molecular weight excluding hydrogens is 457 g/mol. The molecule has 5 rings (SSSR count). The monoisotopic (exact) mass is 481 g/mol. The minimum Gasteiger partial charge on any atom is -0.463 e. The number of aliphatic hydroxyl groups is 2. The van der Waals surface area contributed by atoms with Crippen molar-refractivity contribution in [2.24, 2.45) is 0 Å². The lowest BCUT2D eigenvalue weighted by Gasteiger charge is -2.15. The number of pyridine rings is 2. The molecule has 1 saturated carbocycles. The number of hydrogen-bond acceptors (Lipinski definition) is 7. The lowest BCUT2D eigenvalue weighted by atomic mass is 9.97. The smallest absolute Gasteiger partial charge is 0.293 e. The molecule has 1 unspecified atom stereocenters. The van der Waals surface area contributed by atoms with E-state index in [1.807, 2.05) is 0 Å². The lowest BCUT2D eigenvalue weighted by molar-refractivity contribution is -0.130. The van der Waals surface area contributed by atoms with Crippen LogP contribution in [0.5, 0.6) is 0 Å². The summed E-state index contributed by atoms with van der Waals surface area (Å²) >= 11 is 0. The van der Waals surface area contributed by atoms with Crippen LogP contribution < -0.4 is 10.9 Å². The zero-order valence-electron chi connectivity index (χ0n) is 19.0. The summed E-state index contributed by atoms with van der Waals surface area (Å²) < 4.78 is 21.2. The van der Waals surface area contributed by atoms with Gasteiger partial charge in [-0.05, 0) is 54.5 Å². The summed E-state index contributed by atoms with van der Waals surface area (Å²) in [7, 11) is 0. The molecule has 1 aliphatic heterocycles. The summed E-state index contributed by atoms with van der Waals surface area (Å²) in [4.78, 5) is 40.6. The molecule has 1 atom stereocenters. The van der Waals surface area contributed by atoms with Gasteiger partial charge in [-0.25, -0.2) is 9.37 Å². The average Bonchev–Trinajstić information content (AvgIpc) is 3.61. The minimum atomic E-state index is -1.01. The molecule has 182 valence electrons. The predicted octanol–water partition coefficient (Wildman–Crippen LogP) is 1.78. The molecule has 2 aromatic heterocycles. The minimum absolute atomic E-state index is 0.0591. The first-order valence-electron chi connectivity index (χ1n) is 11.4. The molecule has 10 heteroatoms. The van der Waals surface area contributed by atoms with Crippen LogP contribution in [0.3, 0.4) is 0 Å². The van der Waals surface area contributed by atoms with Crippen molar-refractivity contribution < 1.29 is 28.9 Å². The van der Waals surface area contributed by atoms with Gasteiger partial charge in [-0.1, -0.05) is 0 Å². The summed E-state index contributed by atoms with van der Waals surface area (Å²) in [6, 6.07) is 4.78. The molecule has 1 aromatic carbocycles. The molecule has 3 N–H and O–H groups in total. The fourth-order valence-electron chi connectivity index (χ4n) is 4.80. The van der Waals surface area contributed by atoms with E-state index in [0.717, 1.165) is 12.8 Å². The fraction of sp³-hybridized carbons (Fsp3) is 0.360. The van der Waals surface area contributed by atoms with E-state index in [2.05, 4.69) is 10.3 Å². The summed E-state index contributed by atoms with van der Waals surface area (Å²) in [5.74, 6) is -0.758. The van der Waals surface area contributed by atoms with Crippen LogP contribution in [0.1, 0.15) is 59.6 Å². The molecule has 0 bridgehead atoms. The number of benzene rings is 1. The number of aromatic nitrogens is 2. The maximum atomic E-state index is 14.9. The van der Waals surface area contributed by atoms with E-state index in [0.29, 0.717) is 44.5 Å². The third-order valence-corrected chi connectivity index (χ3v) is 6.69. The van der Waals surface area contributed by atoms with Gasteiger partial charge in [0, 0.05) is 23.6 Å². The summed E-state index contributed by atoms with van der Waals surface area (Å²) in [5, 5.41) is 22.8. The van der Waals surface area contributed by atoms with Crippen molar-refractivity contribution in [3.63, 3.8) is 0 Å². The Balaban J connectivity index is 1.73. The van der Waals surface area contributed by atoms with Crippen molar-refractivity contribution in [1.82, 2.24) is 14.9 Å². The van der Waals surface area contributed by atoms with Gasteiger partial charge in [0.1, 0.15) is 19.0 Å². The molecule has 3 heterocycles. The summed E-state index contributed by atoms with van der Waals surface area (Å²) in [6.45, 7) is 0.976. The van der Waals surface area contributed by atoms with Crippen LogP contribution in [-0.2, 0) is 34.0 Å². The predicted molar refractivity (Wildman–Crippen MR) is 123 cm³/mol. The SMILES string of the molecule is CC(O)c1cc2n(c(=O)c1COC=O)Cc1c-2nc2cc(F)c(C3CC3)cc2c1CNC(=O)CO. The number of fused-ring (bicyclic) bond motifs is 4. The highest BCUT2D eigenvalue weighted by Gasteiger charge is 2.31. The molecule has 0 radical (unpaired) electrons. The molecule has 9 nitrogen and oxygen atoms in total. The first-order valence-corrected chi connectivity index (χ1v) is 11.4. The first kappa shape index (κ1) is 23.1. The fourth-order valence-corrected chi connectivity index (χ4v) is 4.80. The van der Waals surface area contributed by atoms with E-state index in [1.165, 1.54) is 17.6 Å². The van der Waals surface area contributed by atoms with E-state index in [4.69, 9.17) is 9.84 Å². The van der Waals surface area contributed by atoms with Crippen molar-refractivity contribution in [3.8, 4) is 11.4 Å². The number of rotatable bonds is 8. The van der Waals surface area contributed by atoms with E-state index < -0.39 is 24.2 Å². The second-order valence-electron chi connectivity index (χ2n) is 8.96. The largest absolute Gasteiger partial charge is 0.463 e. The lowest BCUT2D eigenvalue weighted by Crippen LogP contribution is -2.27. The Morgan fingerprint density at radius 1 is 1.34 bits per heavy atom. The molecule has 1 amide bonds. The second-order valence-corrected chi connectivity index (χ2v) is 8.96. The number of aliphatic hydroxyl groups excluding tert-OH is 2. The van der Waals surface area contributed by atoms with Gasteiger partial charge < -0.3 is 24.8 Å². The van der Waals surface area contributed by atoms with Crippen LogP contribution in [0.2, 0.25) is 0 Å². The number of nitrogens with one attached hydrogen (secondary N) is 1. The number of amides is 1. The molecule has 2 aliphatic rings. The Bertz CT molecular complexity index is 1430. The highest BCUT2D eigenvalue weighted by Crippen LogP contribution is 2.44. The van der Waals surface area contributed by atoms with Crippen LogP contribution in [0.15, 0.2) is 23.0 Å². The Labute approximate surface area is 199 Å². The van der Waals surface area contributed by atoms with E-state index in [1.54, 1.807) is 12.1 Å². The molecule has 3 aromatic rings. The van der Waals surface area contributed by atoms with Crippen molar-refractivity contribution >= 4 is 23.3 Å². The number of carbonyl (C=O) groups is 2. The van der Waals surface area contributed by atoms with Crippen LogP contribution >= 0.6 is 0 Å². The first-order chi connectivity index (χ1) is 16.8. The third kappa shape index (κ3) is 3.98. The van der Waals surface area contributed by atoms with E-state index >= 15 is 0 Å². The van der Waals surface area contributed by atoms with Gasteiger partial charge in [-0.15, -0.1) is 0 Å². The van der Waals surface area contributed by atoms with Crippen molar-refractivity contribution in [2.75, 3.05) is 6.61 Å². The van der Waals surface area contributed by atoms with Gasteiger partial charge in [0.2, 0.25) is 5.91 Å². The van der Waals surface area contributed by atoms with Gasteiger partial charge in [0.05, 0.1) is 35.1 Å². The zero-order chi connectivity index (χ0) is 24.9. The molecule has 0 spiro atoms. The number of nitrogens with zero attached hydrogens (tertiary/aromatic N) is 2. The van der Waals surface area contributed by atoms with Crippen LogP contribution in [0.4, 0.5) is 4.39 Å². The average molecular weight is 481 g/mol. The van der Waals surface area contributed by atoms with E-state index in [9.17, 15) is 23.9 Å². The molecule has 0 saturated heterocycles. The van der Waals surface area contributed by atoms with Crippen LogP contribution in [-0.4, -0.2) is 38.8 Å². The van der Waals surface area contributed by atoms with Crippen molar-refractivity contribution in [3.05, 3.63) is 62.2 Å². The molecule has 35 heavy (non-hydrogen) atoms. The molecule has 1 fully saturated rings. The third-order valence-electron chi connectivity index (χ3n) is 6.69. The summed E-state index contributed by atoms with van der Waals surface area (Å²) in [5.41, 5.74) is 3.28. The number of hydrogen-bond donors (Lipinski definition) is 3. The van der Waals surface area contributed by atoms with Gasteiger partial charge >= 0.3 is 0 Å². The highest BCUT2D eigenvalue weighted by atomic mass is 19.1. The van der Waals surface area contributed by atoms with Crippen LogP contribution in [0, 0.1) is 5.82 Å². The quantitative estimate of drug-likeness (QED) is 0.327. The molecule has 1 aliphatic carbocycles. The standard InChI is InChI=1S/C25H24FN3O6/c1-12(32)14-5-22-24-18(8-29(22)25(34)19(14)10-35-11-31)17(7-27-23(33)9-30)16-4-15(13-2-3-13)20(26)6-21(16)28-24/h4-6,11-13,30,32H,2-3,7-10H2,1H3,(H,27,33). The Morgan fingerprint density at radius 3 is 2.77 bits per heavy atom. The Kier molecular flexibility index (Phi) is 5.86. The van der Waals surface area contributed by atoms with Gasteiger partial charge in [-0.2, -0.15) is 0 Å². The van der Waals surface area contributed by atoms with Gasteiger partial charge in [0.25, 0.3) is 12.0 Å². The maximum absolute atomic E-state index is 14.9. The van der Waals surface area contributed by atoms with Crippen molar-refractivity contribution in [1.29, 1.82) is 0 Å². The molecular formula is C25H24FN3O6. The summed E-state index contributed by atoms with van der Waals surface area (Å²) in [6.07, 6.45) is 0.808. The van der Waals surface area contributed by atoms with Crippen molar-refractivity contribution in [2.45, 2.75) is 51.5 Å². The topological polar surface area (TPSA) is 131 Å². The van der Waals surface area contributed by atoms with Gasteiger partial charge in [-0.3, -0.25) is 14.4 Å². The van der Waals surface area contributed by atoms with Gasteiger partial charge in [0.15, 0.2) is 0 Å². The zero-order valence-corrected chi connectivity index (χ0v) is 19.0. The van der Waals surface area contributed by atoms with E-state index in [-0.39, 0.29) is 43.5 Å². The van der Waals surface area contributed by atoms with Crippen LogP contribution in [0.25, 0.3) is 22.3 Å². The Morgan fingerprint density at radius 2 is 2.11 bits per heavy atom. The number of ether oxygens (including phenoxy) is 1. The maximum Gasteiger partial charge on any atom is 0.293 e.